The largest absolute Gasteiger partial charge is 0.443 e. The molecule has 0 aromatic heterocycles. The molecule has 0 radical (unpaired) electrons. The Morgan fingerprint density at radius 1 is 1.16 bits per heavy atom. The number of alkyl carbamates (subject to hydrolysis) is 1. The van der Waals surface area contributed by atoms with Crippen molar-refractivity contribution < 1.29 is 37.3 Å². The fourth-order valence-corrected chi connectivity index (χ4v) is 6.97. The van der Waals surface area contributed by atoms with Gasteiger partial charge in [-0.1, -0.05) is 44.2 Å². The third-order valence-corrected chi connectivity index (χ3v) is 9.38. The third-order valence-electron chi connectivity index (χ3n) is 7.55. The number of methoxy groups -OCH3 is 1. The minimum Gasteiger partial charge on any atom is -0.443 e. The highest BCUT2D eigenvalue weighted by molar-refractivity contribution is 7.89. The van der Waals surface area contributed by atoms with E-state index in [1.165, 1.54) is 22.5 Å². The molecule has 0 unspecified atom stereocenters. The smallest absolute Gasteiger partial charge is 0.407 e. The SMILES string of the molecule is COCCNc1cc(S(=O)(=O)N(CC(C)C)C[C@@H](O)[C@H](Cc2ccccc2)NC(=O)O[C@H]2CO[C@H]3OCC[C@H]32)ccc1N. The minimum absolute atomic E-state index is 0.0375. The van der Waals surface area contributed by atoms with Crippen LogP contribution in [0.3, 0.4) is 0 Å². The van der Waals surface area contributed by atoms with Gasteiger partial charge in [0.2, 0.25) is 10.0 Å². The first kappa shape index (κ1) is 33.0. The van der Waals surface area contributed by atoms with Crippen LogP contribution in [0.15, 0.2) is 53.4 Å². The lowest BCUT2D eigenvalue weighted by Crippen LogP contribution is -2.51. The van der Waals surface area contributed by atoms with Crippen LogP contribution >= 0.6 is 0 Å². The number of nitrogens with two attached hydrogens (primary N) is 1. The van der Waals surface area contributed by atoms with Gasteiger partial charge < -0.3 is 40.4 Å². The van der Waals surface area contributed by atoms with Gasteiger partial charge in [-0.15, -0.1) is 0 Å². The van der Waals surface area contributed by atoms with E-state index in [0.717, 1.165) is 12.0 Å². The van der Waals surface area contributed by atoms with Gasteiger partial charge >= 0.3 is 6.09 Å². The zero-order valence-corrected chi connectivity index (χ0v) is 25.8. The number of aliphatic hydroxyl groups excluding tert-OH is 1. The highest BCUT2D eigenvalue weighted by atomic mass is 32.2. The number of sulfonamides is 1. The second-order valence-corrected chi connectivity index (χ2v) is 13.3. The van der Waals surface area contributed by atoms with E-state index >= 15 is 0 Å². The van der Waals surface area contributed by atoms with Gasteiger partial charge in [0.25, 0.3) is 0 Å². The van der Waals surface area contributed by atoms with E-state index in [1.807, 2.05) is 44.2 Å². The number of amides is 1. The number of benzene rings is 2. The molecule has 5 atom stereocenters. The summed E-state index contributed by atoms with van der Waals surface area (Å²) in [5.41, 5.74) is 7.82. The zero-order chi connectivity index (χ0) is 31.0. The van der Waals surface area contributed by atoms with Gasteiger partial charge in [-0.05, 0) is 42.5 Å². The first-order chi connectivity index (χ1) is 20.6. The molecule has 2 aromatic rings. The number of anilines is 2. The number of ether oxygens (including phenoxy) is 4. The summed E-state index contributed by atoms with van der Waals surface area (Å²) >= 11 is 0. The lowest BCUT2D eigenvalue weighted by atomic mass is 10.0. The van der Waals surface area contributed by atoms with Crippen LogP contribution in [-0.2, 0) is 35.4 Å². The molecule has 2 fully saturated rings. The number of nitrogen functional groups attached to an aromatic ring is 1. The Kier molecular flexibility index (Phi) is 11.6. The molecule has 2 saturated heterocycles. The number of nitrogens with one attached hydrogen (secondary N) is 2. The molecule has 12 nitrogen and oxygen atoms in total. The fraction of sp³-hybridized carbons (Fsp3) is 0.567. The highest BCUT2D eigenvalue weighted by Gasteiger charge is 2.44. The first-order valence-electron chi connectivity index (χ1n) is 14.6. The van der Waals surface area contributed by atoms with Crippen LogP contribution in [-0.4, -0.2) is 95.0 Å². The van der Waals surface area contributed by atoms with Crippen molar-refractivity contribution >= 4 is 27.5 Å². The molecule has 2 aliphatic rings. The molecule has 238 valence electrons. The molecular formula is C30H44N4O8S. The molecule has 43 heavy (non-hydrogen) atoms. The number of nitrogens with zero attached hydrogens (tertiary/aromatic N) is 1. The first-order valence-corrected chi connectivity index (χ1v) is 16.1. The Balaban J connectivity index is 1.52. The average molecular weight is 621 g/mol. The summed E-state index contributed by atoms with van der Waals surface area (Å²) in [6.45, 7) is 5.35. The standard InChI is InChI=1S/C30H44N4O8S/c1-20(2)17-34(43(37,38)22-9-10-24(31)25(16-22)32-12-14-39-3)18-27(35)26(15-21-7-5-4-6-8-21)33-30(36)42-28-19-41-29-23(28)11-13-40-29/h4-10,16,20,23,26-29,32,35H,11-15,17-19,31H2,1-3H3,(H,33,36)/t23-,26-,27+,28-,29+/m0/s1. The van der Waals surface area contributed by atoms with E-state index in [1.54, 1.807) is 7.11 Å². The van der Waals surface area contributed by atoms with Gasteiger partial charge in [-0.3, -0.25) is 0 Å². The van der Waals surface area contributed by atoms with Gasteiger partial charge in [0.05, 0.1) is 54.2 Å². The number of carbonyl (C=O) groups is 1. The Morgan fingerprint density at radius 3 is 2.65 bits per heavy atom. The van der Waals surface area contributed by atoms with E-state index < -0.39 is 34.4 Å². The summed E-state index contributed by atoms with van der Waals surface area (Å²) in [6.07, 6.45) is -1.80. The van der Waals surface area contributed by atoms with Gasteiger partial charge in [-0.2, -0.15) is 4.31 Å². The van der Waals surface area contributed by atoms with E-state index in [2.05, 4.69) is 10.6 Å². The van der Waals surface area contributed by atoms with E-state index in [4.69, 9.17) is 24.7 Å². The Morgan fingerprint density at radius 2 is 1.93 bits per heavy atom. The number of hydrogen-bond acceptors (Lipinski definition) is 10. The topological polar surface area (TPSA) is 162 Å². The summed E-state index contributed by atoms with van der Waals surface area (Å²) in [7, 11) is -2.48. The Hall–Kier alpha value is -2.94. The molecule has 0 saturated carbocycles. The maximum Gasteiger partial charge on any atom is 0.407 e. The van der Waals surface area contributed by atoms with Crippen LogP contribution in [0.25, 0.3) is 0 Å². The van der Waals surface area contributed by atoms with Crippen LogP contribution in [0, 0.1) is 11.8 Å². The second-order valence-electron chi connectivity index (χ2n) is 11.4. The second kappa shape index (κ2) is 15.2. The van der Waals surface area contributed by atoms with Gasteiger partial charge in [0, 0.05) is 26.7 Å². The summed E-state index contributed by atoms with van der Waals surface area (Å²) in [4.78, 5) is 13.1. The molecular weight excluding hydrogens is 576 g/mol. The third kappa shape index (κ3) is 8.80. The summed E-state index contributed by atoms with van der Waals surface area (Å²) < 4.78 is 50.9. The van der Waals surface area contributed by atoms with Crippen LogP contribution in [0.4, 0.5) is 16.2 Å². The predicted octanol–water partition coefficient (Wildman–Crippen LogP) is 2.43. The van der Waals surface area contributed by atoms with E-state index in [9.17, 15) is 18.3 Å². The molecule has 4 rings (SSSR count). The number of hydrogen-bond donors (Lipinski definition) is 4. The van der Waals surface area contributed by atoms with Gasteiger partial charge in [0.1, 0.15) is 6.10 Å². The normalized spacial score (nSPS) is 21.5. The van der Waals surface area contributed by atoms with Crippen LogP contribution in [0.5, 0.6) is 0 Å². The number of fused-ring (bicyclic) bond motifs is 1. The lowest BCUT2D eigenvalue weighted by molar-refractivity contribution is -0.0907. The monoisotopic (exact) mass is 620 g/mol. The number of aliphatic hydroxyl groups is 1. The average Bonchev–Trinajstić information content (AvgIpc) is 3.59. The predicted molar refractivity (Wildman–Crippen MR) is 162 cm³/mol. The van der Waals surface area contributed by atoms with Crippen molar-refractivity contribution in [2.24, 2.45) is 11.8 Å². The lowest BCUT2D eigenvalue weighted by Gasteiger charge is -2.31. The quantitative estimate of drug-likeness (QED) is 0.172. The van der Waals surface area contributed by atoms with Crippen molar-refractivity contribution in [3.8, 4) is 0 Å². The van der Waals surface area contributed by atoms with Crippen LogP contribution in [0.2, 0.25) is 0 Å². The van der Waals surface area contributed by atoms with Crippen molar-refractivity contribution in [3.05, 3.63) is 54.1 Å². The summed E-state index contributed by atoms with van der Waals surface area (Å²) in [5.74, 6) is -0.0757. The molecule has 0 aliphatic carbocycles. The zero-order valence-electron chi connectivity index (χ0n) is 25.0. The van der Waals surface area contributed by atoms with Crippen molar-refractivity contribution in [2.75, 3.05) is 57.6 Å². The van der Waals surface area contributed by atoms with Crippen molar-refractivity contribution in [2.45, 2.75) is 56.1 Å². The van der Waals surface area contributed by atoms with Crippen molar-refractivity contribution in [3.63, 3.8) is 0 Å². The molecule has 2 aliphatic heterocycles. The van der Waals surface area contributed by atoms with E-state index in [0.29, 0.717) is 31.1 Å². The number of rotatable bonds is 15. The molecule has 2 aromatic carbocycles. The van der Waals surface area contributed by atoms with Crippen molar-refractivity contribution in [1.29, 1.82) is 0 Å². The summed E-state index contributed by atoms with van der Waals surface area (Å²) in [6, 6.07) is 13.0. The van der Waals surface area contributed by atoms with Gasteiger partial charge in [0.15, 0.2) is 6.29 Å². The van der Waals surface area contributed by atoms with Crippen LogP contribution in [0.1, 0.15) is 25.8 Å². The molecule has 5 N–H and O–H groups in total. The molecule has 0 spiro atoms. The Bertz CT molecular complexity index is 1300. The molecule has 0 bridgehead atoms. The Labute approximate surface area is 253 Å². The maximum atomic E-state index is 13.9. The molecule has 13 heteroatoms. The molecule has 1 amide bonds. The van der Waals surface area contributed by atoms with Gasteiger partial charge in [-0.25, -0.2) is 13.2 Å². The fourth-order valence-electron chi connectivity index (χ4n) is 5.32. The molecule has 2 heterocycles. The summed E-state index contributed by atoms with van der Waals surface area (Å²) in [5, 5.41) is 17.4. The van der Waals surface area contributed by atoms with Crippen molar-refractivity contribution in [1.82, 2.24) is 9.62 Å². The maximum absolute atomic E-state index is 13.9. The number of carbonyl (C=O) groups excluding carboxylic acids is 1. The minimum atomic E-state index is -4.05. The van der Waals surface area contributed by atoms with E-state index in [-0.39, 0.29) is 49.1 Å². The highest BCUT2D eigenvalue weighted by Crippen LogP contribution is 2.33. The van der Waals surface area contributed by atoms with Crippen LogP contribution < -0.4 is 16.4 Å².